The van der Waals surface area contributed by atoms with Crippen molar-refractivity contribution in [1.29, 1.82) is 0 Å². The minimum Gasteiger partial charge on any atom is -0.497 e. The first-order valence-corrected chi connectivity index (χ1v) is 13.5. The van der Waals surface area contributed by atoms with Crippen LogP contribution in [0.2, 0.25) is 0 Å². The van der Waals surface area contributed by atoms with Gasteiger partial charge in [-0.1, -0.05) is 79.6 Å². The van der Waals surface area contributed by atoms with Gasteiger partial charge in [-0.05, 0) is 57.7 Å². The molecule has 1 aliphatic carbocycles. The second kappa shape index (κ2) is 12.5. The van der Waals surface area contributed by atoms with Crippen LogP contribution in [0.25, 0.3) is 11.1 Å². The molecule has 1 aromatic heterocycles. The number of esters is 1. The topological polar surface area (TPSA) is 119 Å². The average Bonchev–Trinajstić information content (AvgIpc) is 3.70. The summed E-state index contributed by atoms with van der Waals surface area (Å²) in [5.74, 6) is 0.722. The number of carbonyl (C=O) groups is 2. The Kier molecular flexibility index (Phi) is 8.49. The molecule has 0 unspecified atom stereocenters. The lowest BCUT2D eigenvalue weighted by Gasteiger charge is -2.29. The van der Waals surface area contributed by atoms with Crippen molar-refractivity contribution < 1.29 is 19.1 Å². The zero-order valence-electron chi connectivity index (χ0n) is 22.5. The van der Waals surface area contributed by atoms with Gasteiger partial charge in [-0.3, -0.25) is 9.59 Å². The predicted molar refractivity (Wildman–Crippen MR) is 149 cm³/mol. The van der Waals surface area contributed by atoms with Crippen LogP contribution in [0.5, 0.6) is 5.75 Å². The molecule has 206 valence electrons. The fraction of sp³-hybridized carbons (Fsp3) is 0.323. The van der Waals surface area contributed by atoms with E-state index in [-0.39, 0.29) is 24.9 Å². The third-order valence-corrected chi connectivity index (χ3v) is 7.56. The normalized spacial score (nSPS) is 14.8. The molecule has 40 heavy (non-hydrogen) atoms. The first kappa shape index (κ1) is 27.1. The van der Waals surface area contributed by atoms with Gasteiger partial charge in [0.25, 0.3) is 0 Å². The number of rotatable bonds is 11. The van der Waals surface area contributed by atoms with E-state index >= 15 is 0 Å². The second-order valence-corrected chi connectivity index (χ2v) is 10.3. The van der Waals surface area contributed by atoms with Crippen LogP contribution < -0.4 is 10.1 Å². The highest BCUT2D eigenvalue weighted by Gasteiger charge is 2.44. The van der Waals surface area contributed by atoms with E-state index < -0.39 is 11.5 Å². The SMILES string of the molecule is COc1cccc(-c2ccc(C[C@H](NC(=O)C3(CC(=O)OCc4ccccc4)CCCC3)c3nnn[nH]3)cc2)c1. The van der Waals surface area contributed by atoms with E-state index in [4.69, 9.17) is 9.47 Å². The van der Waals surface area contributed by atoms with Gasteiger partial charge < -0.3 is 14.8 Å². The van der Waals surface area contributed by atoms with E-state index in [0.717, 1.165) is 40.8 Å². The van der Waals surface area contributed by atoms with Crippen LogP contribution in [-0.4, -0.2) is 39.6 Å². The van der Waals surface area contributed by atoms with Crippen LogP contribution in [0.3, 0.4) is 0 Å². The van der Waals surface area contributed by atoms with E-state index in [2.05, 4.69) is 25.9 Å². The minimum absolute atomic E-state index is 0.0439. The molecule has 0 spiro atoms. The number of H-pyrrole nitrogens is 1. The van der Waals surface area contributed by atoms with E-state index in [1.807, 2.05) is 78.9 Å². The van der Waals surface area contributed by atoms with Gasteiger partial charge in [0, 0.05) is 6.42 Å². The molecule has 1 aliphatic rings. The quantitative estimate of drug-likeness (QED) is 0.258. The molecule has 0 radical (unpaired) electrons. The standard InChI is InChI=1S/C31H33N5O4/c1-39-26-11-7-10-25(19-26)24-14-12-22(13-15-24)18-27(29-33-35-36-34-29)32-30(38)31(16-5-6-17-31)20-28(37)40-21-23-8-3-2-4-9-23/h2-4,7-15,19,27H,5-6,16-18,20-21H2,1H3,(H,32,38)(H,33,34,35,36)/t27-/m0/s1. The van der Waals surface area contributed by atoms with Crippen molar-refractivity contribution in [2.75, 3.05) is 7.11 Å². The summed E-state index contributed by atoms with van der Waals surface area (Å²) in [4.78, 5) is 26.6. The predicted octanol–water partition coefficient (Wildman–Crippen LogP) is 4.97. The molecule has 5 rings (SSSR count). The second-order valence-electron chi connectivity index (χ2n) is 10.3. The van der Waals surface area contributed by atoms with E-state index in [1.54, 1.807) is 7.11 Å². The number of carbonyl (C=O) groups excluding carboxylic acids is 2. The summed E-state index contributed by atoms with van der Waals surface area (Å²) in [6.07, 6.45) is 3.57. The number of hydrogen-bond acceptors (Lipinski definition) is 7. The third kappa shape index (κ3) is 6.54. The fourth-order valence-electron chi connectivity index (χ4n) is 5.31. The first-order valence-electron chi connectivity index (χ1n) is 13.5. The van der Waals surface area contributed by atoms with Crippen LogP contribution >= 0.6 is 0 Å². The number of methoxy groups -OCH3 is 1. The van der Waals surface area contributed by atoms with Gasteiger partial charge in [0.2, 0.25) is 5.91 Å². The number of amides is 1. The molecule has 2 N–H and O–H groups in total. The largest absolute Gasteiger partial charge is 0.497 e. The summed E-state index contributed by atoms with van der Waals surface area (Å²) in [6, 6.07) is 25.1. The first-order chi connectivity index (χ1) is 19.5. The maximum Gasteiger partial charge on any atom is 0.307 e. The number of aromatic nitrogens is 4. The molecule has 1 fully saturated rings. The molecule has 1 amide bonds. The highest BCUT2D eigenvalue weighted by atomic mass is 16.5. The smallest absolute Gasteiger partial charge is 0.307 e. The summed E-state index contributed by atoms with van der Waals surface area (Å²) in [5.41, 5.74) is 3.23. The van der Waals surface area contributed by atoms with Gasteiger partial charge in [-0.15, -0.1) is 5.10 Å². The summed E-state index contributed by atoms with van der Waals surface area (Å²) in [7, 11) is 1.65. The Bertz CT molecular complexity index is 1400. The van der Waals surface area contributed by atoms with Crippen molar-refractivity contribution in [3.05, 3.63) is 95.8 Å². The van der Waals surface area contributed by atoms with Crippen molar-refractivity contribution in [1.82, 2.24) is 25.9 Å². The highest BCUT2D eigenvalue weighted by molar-refractivity contribution is 5.88. The van der Waals surface area contributed by atoms with Gasteiger partial charge in [-0.25, -0.2) is 5.10 Å². The number of ether oxygens (including phenoxy) is 2. The van der Waals surface area contributed by atoms with E-state index in [1.165, 1.54) is 0 Å². The van der Waals surface area contributed by atoms with Gasteiger partial charge in [0.15, 0.2) is 5.82 Å². The number of benzene rings is 3. The minimum atomic E-state index is -0.810. The summed E-state index contributed by atoms with van der Waals surface area (Å²) >= 11 is 0. The third-order valence-electron chi connectivity index (χ3n) is 7.56. The van der Waals surface area contributed by atoms with Crippen LogP contribution in [0.4, 0.5) is 0 Å². The van der Waals surface area contributed by atoms with Crippen molar-refractivity contribution in [3.63, 3.8) is 0 Å². The van der Waals surface area contributed by atoms with Crippen molar-refractivity contribution in [2.45, 2.75) is 51.2 Å². The maximum absolute atomic E-state index is 13.8. The highest BCUT2D eigenvalue weighted by Crippen LogP contribution is 2.42. The number of nitrogens with zero attached hydrogens (tertiary/aromatic N) is 3. The number of tetrazole rings is 1. The molecular weight excluding hydrogens is 506 g/mol. The Labute approximate surface area is 233 Å². The van der Waals surface area contributed by atoms with E-state index in [0.29, 0.717) is 25.1 Å². The number of aromatic amines is 1. The van der Waals surface area contributed by atoms with Gasteiger partial charge in [0.05, 0.1) is 25.0 Å². The van der Waals surface area contributed by atoms with Gasteiger partial charge >= 0.3 is 5.97 Å². The molecule has 0 bridgehead atoms. The molecule has 4 aromatic rings. The zero-order chi connectivity index (χ0) is 27.8. The molecule has 1 saturated carbocycles. The number of hydrogen-bond donors (Lipinski definition) is 2. The average molecular weight is 540 g/mol. The molecule has 9 heteroatoms. The summed E-state index contributed by atoms with van der Waals surface area (Å²) in [5, 5.41) is 17.5. The van der Waals surface area contributed by atoms with Crippen LogP contribution in [0.1, 0.15) is 55.1 Å². The summed E-state index contributed by atoms with van der Waals surface area (Å²) in [6.45, 7) is 0.190. The lowest BCUT2D eigenvalue weighted by atomic mass is 9.81. The maximum atomic E-state index is 13.8. The van der Waals surface area contributed by atoms with Crippen molar-refractivity contribution >= 4 is 11.9 Å². The number of nitrogens with one attached hydrogen (secondary N) is 2. The van der Waals surface area contributed by atoms with Crippen molar-refractivity contribution in [3.8, 4) is 16.9 Å². The molecule has 9 nitrogen and oxygen atoms in total. The van der Waals surface area contributed by atoms with Crippen LogP contribution in [0.15, 0.2) is 78.9 Å². The van der Waals surface area contributed by atoms with Gasteiger partial charge in [-0.2, -0.15) is 0 Å². The van der Waals surface area contributed by atoms with Crippen molar-refractivity contribution in [2.24, 2.45) is 5.41 Å². The summed E-state index contributed by atoms with van der Waals surface area (Å²) < 4.78 is 10.9. The Morgan fingerprint density at radius 2 is 1.73 bits per heavy atom. The Morgan fingerprint density at radius 3 is 2.42 bits per heavy atom. The molecular formula is C31H33N5O4. The molecule has 3 aromatic carbocycles. The molecule has 1 heterocycles. The Hall–Kier alpha value is -4.53. The lowest BCUT2D eigenvalue weighted by molar-refractivity contribution is -0.151. The fourth-order valence-corrected chi connectivity index (χ4v) is 5.31. The molecule has 0 aliphatic heterocycles. The zero-order valence-corrected chi connectivity index (χ0v) is 22.5. The van der Waals surface area contributed by atoms with Gasteiger partial charge in [0.1, 0.15) is 12.4 Å². The molecule has 0 saturated heterocycles. The molecule has 1 atom stereocenters. The van der Waals surface area contributed by atoms with E-state index in [9.17, 15) is 9.59 Å². The Morgan fingerprint density at radius 1 is 0.950 bits per heavy atom. The van der Waals surface area contributed by atoms with Crippen LogP contribution in [-0.2, 0) is 27.4 Å². The monoisotopic (exact) mass is 539 g/mol. The van der Waals surface area contributed by atoms with Crippen LogP contribution in [0, 0.1) is 5.41 Å². The Balaban J connectivity index is 1.28. The lowest BCUT2D eigenvalue weighted by Crippen LogP contribution is -2.43.